The smallest absolute Gasteiger partial charge is 0.242 e. The van der Waals surface area contributed by atoms with E-state index < -0.39 is 6.04 Å². The fourth-order valence-electron chi connectivity index (χ4n) is 4.09. The van der Waals surface area contributed by atoms with Gasteiger partial charge < -0.3 is 10.2 Å². The molecule has 0 aromatic heterocycles. The molecule has 2 amide bonds. The van der Waals surface area contributed by atoms with Crippen molar-refractivity contribution >= 4 is 35.2 Å². The Balaban J connectivity index is 1.66. The summed E-state index contributed by atoms with van der Waals surface area (Å²) in [6.07, 6.45) is 5.61. The molecular weight excluding hydrogens is 440 g/mol. The number of aryl methyl sites for hydroxylation is 1. The molecule has 0 unspecified atom stereocenters. The molecule has 0 spiro atoms. The normalized spacial score (nSPS) is 15.2. The quantitative estimate of drug-likeness (QED) is 0.505. The minimum Gasteiger partial charge on any atom is -0.352 e. The molecular formula is C26H33ClN2O2S. The van der Waals surface area contributed by atoms with Gasteiger partial charge in [0.25, 0.3) is 0 Å². The molecule has 1 aliphatic rings. The molecule has 4 nitrogen and oxygen atoms in total. The molecule has 0 saturated heterocycles. The standard InChI is InChI=1S/C26H33ClN2O2S/c1-19-9-6-7-11-22(19)16-29(20(2)26(31)28-24-13-4-3-5-14-24)25(30)18-32-17-21-10-8-12-23(27)15-21/h6-12,15,20,24H,3-5,13-14,16-18H2,1-2H3,(H,28,31)/t20-/m1/s1. The Kier molecular flexibility index (Phi) is 9.49. The number of hydrogen-bond acceptors (Lipinski definition) is 3. The predicted molar refractivity (Wildman–Crippen MR) is 134 cm³/mol. The summed E-state index contributed by atoms with van der Waals surface area (Å²) in [5, 5.41) is 3.89. The van der Waals surface area contributed by atoms with Crippen LogP contribution in [0.25, 0.3) is 0 Å². The first-order chi connectivity index (χ1) is 15.4. The van der Waals surface area contributed by atoms with E-state index in [4.69, 9.17) is 11.6 Å². The van der Waals surface area contributed by atoms with Gasteiger partial charge in [0, 0.05) is 23.4 Å². The van der Waals surface area contributed by atoms with Crippen LogP contribution in [0, 0.1) is 6.92 Å². The average molecular weight is 473 g/mol. The van der Waals surface area contributed by atoms with E-state index in [1.807, 2.05) is 62.4 Å². The second-order valence-corrected chi connectivity index (χ2v) is 10.0. The van der Waals surface area contributed by atoms with Gasteiger partial charge in [-0.3, -0.25) is 9.59 Å². The molecule has 1 N–H and O–H groups in total. The summed E-state index contributed by atoms with van der Waals surface area (Å²) in [6.45, 7) is 4.32. The monoisotopic (exact) mass is 472 g/mol. The number of amides is 2. The highest BCUT2D eigenvalue weighted by Gasteiger charge is 2.28. The van der Waals surface area contributed by atoms with Crippen LogP contribution < -0.4 is 5.32 Å². The van der Waals surface area contributed by atoms with Gasteiger partial charge in [0.05, 0.1) is 5.75 Å². The molecule has 32 heavy (non-hydrogen) atoms. The molecule has 1 fully saturated rings. The van der Waals surface area contributed by atoms with Crippen molar-refractivity contribution in [3.8, 4) is 0 Å². The van der Waals surface area contributed by atoms with Crippen molar-refractivity contribution in [2.24, 2.45) is 0 Å². The molecule has 0 heterocycles. The van der Waals surface area contributed by atoms with Crippen LogP contribution in [0.2, 0.25) is 5.02 Å². The summed E-state index contributed by atoms with van der Waals surface area (Å²) >= 11 is 7.62. The predicted octanol–water partition coefficient (Wildman–Crippen LogP) is 5.75. The molecule has 0 radical (unpaired) electrons. The third kappa shape index (κ3) is 7.28. The Morgan fingerprint density at radius 3 is 2.59 bits per heavy atom. The Bertz CT molecular complexity index is 914. The molecule has 0 bridgehead atoms. The summed E-state index contributed by atoms with van der Waals surface area (Å²) in [7, 11) is 0. The largest absolute Gasteiger partial charge is 0.352 e. The summed E-state index contributed by atoms with van der Waals surface area (Å²) < 4.78 is 0. The van der Waals surface area contributed by atoms with E-state index in [1.165, 1.54) is 6.42 Å². The summed E-state index contributed by atoms with van der Waals surface area (Å²) in [5.74, 6) is 0.942. The second-order valence-electron chi connectivity index (χ2n) is 8.59. The van der Waals surface area contributed by atoms with Gasteiger partial charge in [-0.15, -0.1) is 11.8 Å². The number of nitrogens with zero attached hydrogens (tertiary/aromatic N) is 1. The van der Waals surface area contributed by atoms with Gasteiger partial charge in [-0.2, -0.15) is 0 Å². The van der Waals surface area contributed by atoms with Gasteiger partial charge in [-0.25, -0.2) is 0 Å². The van der Waals surface area contributed by atoms with Crippen molar-refractivity contribution < 1.29 is 9.59 Å². The molecule has 2 aromatic rings. The number of hydrogen-bond donors (Lipinski definition) is 1. The minimum absolute atomic E-state index is 0.0217. The lowest BCUT2D eigenvalue weighted by molar-refractivity contribution is -0.139. The van der Waals surface area contributed by atoms with Crippen LogP contribution in [-0.2, 0) is 21.9 Å². The number of halogens is 1. The Hall–Kier alpha value is -1.98. The van der Waals surface area contributed by atoms with Crippen LogP contribution in [0.1, 0.15) is 55.7 Å². The van der Waals surface area contributed by atoms with Gasteiger partial charge in [0.2, 0.25) is 11.8 Å². The number of nitrogens with one attached hydrogen (secondary N) is 1. The van der Waals surface area contributed by atoms with Crippen LogP contribution in [0.3, 0.4) is 0 Å². The van der Waals surface area contributed by atoms with Crippen molar-refractivity contribution in [1.82, 2.24) is 10.2 Å². The van der Waals surface area contributed by atoms with Crippen LogP contribution in [-0.4, -0.2) is 34.6 Å². The van der Waals surface area contributed by atoms with E-state index in [9.17, 15) is 9.59 Å². The van der Waals surface area contributed by atoms with Crippen LogP contribution in [0.5, 0.6) is 0 Å². The fraction of sp³-hybridized carbons (Fsp3) is 0.462. The Morgan fingerprint density at radius 2 is 1.88 bits per heavy atom. The first kappa shape index (κ1) is 24.7. The molecule has 1 atom stereocenters. The fourth-order valence-corrected chi connectivity index (χ4v) is 5.16. The van der Waals surface area contributed by atoms with Crippen LogP contribution in [0.4, 0.5) is 0 Å². The first-order valence-electron chi connectivity index (χ1n) is 11.4. The van der Waals surface area contributed by atoms with E-state index in [-0.39, 0.29) is 17.9 Å². The van der Waals surface area contributed by atoms with Crippen molar-refractivity contribution in [2.75, 3.05) is 5.75 Å². The zero-order valence-electron chi connectivity index (χ0n) is 19.0. The highest BCUT2D eigenvalue weighted by atomic mass is 35.5. The Morgan fingerprint density at radius 1 is 1.12 bits per heavy atom. The van der Waals surface area contributed by atoms with Gasteiger partial charge >= 0.3 is 0 Å². The summed E-state index contributed by atoms with van der Waals surface area (Å²) in [5.41, 5.74) is 3.28. The number of thioether (sulfide) groups is 1. The molecule has 3 rings (SSSR count). The van der Waals surface area contributed by atoms with E-state index in [0.29, 0.717) is 23.1 Å². The van der Waals surface area contributed by atoms with Crippen LogP contribution in [0.15, 0.2) is 48.5 Å². The number of rotatable bonds is 9. The van der Waals surface area contributed by atoms with Crippen molar-refractivity contribution in [3.63, 3.8) is 0 Å². The molecule has 172 valence electrons. The maximum absolute atomic E-state index is 13.3. The molecule has 0 aliphatic heterocycles. The number of carbonyl (C=O) groups excluding carboxylic acids is 2. The SMILES string of the molecule is Cc1ccccc1CN(C(=O)CSCc1cccc(Cl)c1)[C@H](C)C(=O)NC1CCCCC1. The minimum atomic E-state index is -0.518. The molecule has 6 heteroatoms. The zero-order chi connectivity index (χ0) is 22.9. The van der Waals surface area contributed by atoms with Crippen molar-refractivity contribution in [1.29, 1.82) is 0 Å². The number of benzene rings is 2. The molecule has 2 aromatic carbocycles. The maximum Gasteiger partial charge on any atom is 0.242 e. The van der Waals surface area contributed by atoms with Crippen molar-refractivity contribution in [3.05, 3.63) is 70.2 Å². The molecule has 1 aliphatic carbocycles. The number of carbonyl (C=O) groups is 2. The summed E-state index contributed by atoms with van der Waals surface area (Å²) in [6, 6.07) is 15.4. The average Bonchev–Trinajstić information content (AvgIpc) is 2.78. The van der Waals surface area contributed by atoms with Crippen molar-refractivity contribution in [2.45, 2.75) is 70.3 Å². The van der Waals surface area contributed by atoms with Crippen LogP contribution >= 0.6 is 23.4 Å². The highest BCUT2D eigenvalue weighted by Crippen LogP contribution is 2.21. The third-order valence-electron chi connectivity index (χ3n) is 6.10. The lowest BCUT2D eigenvalue weighted by Crippen LogP contribution is -2.50. The lowest BCUT2D eigenvalue weighted by Gasteiger charge is -2.31. The van der Waals surface area contributed by atoms with E-state index in [1.54, 1.807) is 16.7 Å². The van der Waals surface area contributed by atoms with Gasteiger partial charge in [-0.05, 0) is 55.5 Å². The van der Waals surface area contributed by atoms with E-state index in [2.05, 4.69) is 5.32 Å². The highest BCUT2D eigenvalue weighted by molar-refractivity contribution is 7.99. The zero-order valence-corrected chi connectivity index (χ0v) is 20.6. The Labute approximate surface area is 201 Å². The third-order valence-corrected chi connectivity index (χ3v) is 7.33. The van der Waals surface area contributed by atoms with Gasteiger partial charge in [-0.1, -0.05) is 67.3 Å². The lowest BCUT2D eigenvalue weighted by atomic mass is 9.95. The van der Waals surface area contributed by atoms with E-state index in [0.717, 1.165) is 42.4 Å². The summed E-state index contributed by atoms with van der Waals surface area (Å²) in [4.78, 5) is 28.0. The maximum atomic E-state index is 13.3. The topological polar surface area (TPSA) is 49.4 Å². The van der Waals surface area contributed by atoms with E-state index >= 15 is 0 Å². The second kappa shape index (κ2) is 12.3. The van der Waals surface area contributed by atoms with Gasteiger partial charge in [0.15, 0.2) is 0 Å². The first-order valence-corrected chi connectivity index (χ1v) is 12.9. The molecule has 1 saturated carbocycles. The van der Waals surface area contributed by atoms with Gasteiger partial charge in [0.1, 0.15) is 6.04 Å².